The molecule has 0 saturated carbocycles. The van der Waals surface area contributed by atoms with E-state index in [0.29, 0.717) is 6.54 Å². The molecule has 0 heterocycles. The summed E-state index contributed by atoms with van der Waals surface area (Å²) in [6.45, 7) is 2.75. The van der Waals surface area contributed by atoms with Crippen LogP contribution in [0.4, 0.5) is 0 Å². The first-order valence-electron chi connectivity index (χ1n) is 5.83. The minimum absolute atomic E-state index is 0.0203. The van der Waals surface area contributed by atoms with Crippen LogP contribution in [0, 0.1) is 0 Å². The fraction of sp³-hybridized carbons (Fsp3) is 0.462. The van der Waals surface area contributed by atoms with Crippen molar-refractivity contribution in [2.45, 2.75) is 26.2 Å². The van der Waals surface area contributed by atoms with Gasteiger partial charge in [0.05, 0.1) is 5.56 Å². The number of amides is 1. The lowest BCUT2D eigenvalue weighted by atomic mass is 10.1. The number of hydrogen-bond acceptors (Lipinski definition) is 3. The van der Waals surface area contributed by atoms with Crippen molar-refractivity contribution in [2.75, 3.05) is 13.6 Å². The Morgan fingerprint density at radius 2 is 2.00 bits per heavy atom. The molecule has 0 fully saturated rings. The second-order valence-electron chi connectivity index (χ2n) is 4.14. The molecule has 1 aromatic carbocycles. The van der Waals surface area contributed by atoms with E-state index in [1.54, 1.807) is 11.9 Å². The Morgan fingerprint density at radius 1 is 1.29 bits per heavy atom. The van der Waals surface area contributed by atoms with Crippen LogP contribution in [0.25, 0.3) is 0 Å². The summed E-state index contributed by atoms with van der Waals surface area (Å²) in [5, 5.41) is 18.9. The molecule has 1 aromatic rings. The molecule has 0 bridgehead atoms. The van der Waals surface area contributed by atoms with E-state index in [2.05, 4.69) is 6.92 Å². The molecule has 17 heavy (non-hydrogen) atoms. The van der Waals surface area contributed by atoms with Gasteiger partial charge < -0.3 is 15.1 Å². The number of nitrogens with zero attached hydrogens (tertiary/aromatic N) is 1. The molecule has 0 radical (unpaired) electrons. The highest BCUT2D eigenvalue weighted by atomic mass is 16.3. The van der Waals surface area contributed by atoms with E-state index in [4.69, 9.17) is 0 Å². The van der Waals surface area contributed by atoms with Crippen LogP contribution in [-0.2, 0) is 0 Å². The number of benzene rings is 1. The number of aromatic hydroxyl groups is 2. The van der Waals surface area contributed by atoms with Gasteiger partial charge in [-0.2, -0.15) is 0 Å². The van der Waals surface area contributed by atoms with Gasteiger partial charge in [-0.3, -0.25) is 4.79 Å². The van der Waals surface area contributed by atoms with Crippen LogP contribution >= 0.6 is 0 Å². The van der Waals surface area contributed by atoms with Crippen LogP contribution in [0.3, 0.4) is 0 Å². The quantitative estimate of drug-likeness (QED) is 0.610. The molecule has 0 aliphatic rings. The van der Waals surface area contributed by atoms with Crippen molar-refractivity contribution >= 4 is 5.91 Å². The molecule has 1 amide bonds. The normalized spacial score (nSPS) is 10.2. The number of phenols is 2. The van der Waals surface area contributed by atoms with Crippen molar-refractivity contribution in [3.63, 3.8) is 0 Å². The summed E-state index contributed by atoms with van der Waals surface area (Å²) in [6, 6.07) is 3.96. The van der Waals surface area contributed by atoms with E-state index >= 15 is 0 Å². The third kappa shape index (κ3) is 3.66. The highest BCUT2D eigenvalue weighted by Crippen LogP contribution is 2.23. The largest absolute Gasteiger partial charge is 0.508 e. The fourth-order valence-electron chi connectivity index (χ4n) is 1.60. The summed E-state index contributed by atoms with van der Waals surface area (Å²) in [4.78, 5) is 13.5. The molecule has 0 aliphatic carbocycles. The minimum atomic E-state index is -0.269. The maximum absolute atomic E-state index is 12.0. The average molecular weight is 237 g/mol. The second kappa shape index (κ2) is 6.13. The second-order valence-corrected chi connectivity index (χ2v) is 4.14. The van der Waals surface area contributed by atoms with Crippen molar-refractivity contribution in [3.8, 4) is 11.5 Å². The molecule has 2 N–H and O–H groups in total. The molecule has 0 aromatic heterocycles. The van der Waals surface area contributed by atoms with Crippen LogP contribution in [-0.4, -0.2) is 34.6 Å². The van der Waals surface area contributed by atoms with E-state index in [1.165, 1.54) is 18.2 Å². The van der Waals surface area contributed by atoms with E-state index < -0.39 is 0 Å². The molecular weight excluding hydrogens is 218 g/mol. The first kappa shape index (κ1) is 13.4. The molecule has 0 aliphatic heterocycles. The topological polar surface area (TPSA) is 60.8 Å². The van der Waals surface area contributed by atoms with E-state index in [-0.39, 0.29) is 23.0 Å². The highest BCUT2D eigenvalue weighted by Gasteiger charge is 2.15. The van der Waals surface area contributed by atoms with Crippen LogP contribution in [0.1, 0.15) is 36.5 Å². The Kier molecular flexibility index (Phi) is 4.82. The number of hydrogen-bond donors (Lipinski definition) is 2. The van der Waals surface area contributed by atoms with Crippen molar-refractivity contribution in [1.82, 2.24) is 4.90 Å². The van der Waals surface area contributed by atoms with Gasteiger partial charge in [-0.15, -0.1) is 0 Å². The third-order valence-electron chi connectivity index (χ3n) is 2.65. The van der Waals surface area contributed by atoms with Gasteiger partial charge in [-0.1, -0.05) is 19.8 Å². The molecule has 4 heteroatoms. The first-order chi connectivity index (χ1) is 8.06. The molecule has 1 rings (SSSR count). The van der Waals surface area contributed by atoms with Gasteiger partial charge in [-0.25, -0.2) is 0 Å². The lowest BCUT2D eigenvalue weighted by Crippen LogP contribution is -2.27. The lowest BCUT2D eigenvalue weighted by molar-refractivity contribution is 0.0789. The maximum Gasteiger partial charge on any atom is 0.257 e. The van der Waals surface area contributed by atoms with Crippen LogP contribution < -0.4 is 0 Å². The summed E-state index contributed by atoms with van der Waals surface area (Å²) >= 11 is 0. The Balaban J connectivity index is 2.71. The van der Waals surface area contributed by atoms with Crippen molar-refractivity contribution < 1.29 is 15.0 Å². The van der Waals surface area contributed by atoms with Gasteiger partial charge in [0.25, 0.3) is 5.91 Å². The molecule has 4 nitrogen and oxygen atoms in total. The average Bonchev–Trinajstić information content (AvgIpc) is 2.31. The standard InChI is InChI=1S/C13H19NO3/c1-3-4-5-8-14(2)13(17)11-9-10(15)6-7-12(11)16/h6-7,9,15-16H,3-5,8H2,1-2H3. The summed E-state index contributed by atoms with van der Waals surface area (Å²) in [6.07, 6.45) is 3.11. The van der Waals surface area contributed by atoms with Gasteiger partial charge in [0.1, 0.15) is 11.5 Å². The van der Waals surface area contributed by atoms with Gasteiger partial charge in [-0.05, 0) is 24.6 Å². The number of carbonyl (C=O) groups excluding carboxylic acids is 1. The van der Waals surface area contributed by atoms with Crippen molar-refractivity contribution in [2.24, 2.45) is 0 Å². The summed E-state index contributed by atoms with van der Waals surface area (Å²) in [5.74, 6) is -0.391. The molecule has 0 unspecified atom stereocenters. The Hall–Kier alpha value is -1.71. The molecule has 0 atom stereocenters. The SMILES string of the molecule is CCCCCN(C)C(=O)c1cc(O)ccc1O. The number of phenolic OH excluding ortho intramolecular Hbond substituents is 2. The Morgan fingerprint density at radius 3 is 2.65 bits per heavy atom. The lowest BCUT2D eigenvalue weighted by Gasteiger charge is -2.17. The van der Waals surface area contributed by atoms with Gasteiger partial charge in [0, 0.05) is 13.6 Å². The van der Waals surface area contributed by atoms with Gasteiger partial charge in [0.2, 0.25) is 0 Å². The Bertz CT molecular complexity index is 390. The van der Waals surface area contributed by atoms with E-state index in [1.807, 2.05) is 0 Å². The van der Waals surface area contributed by atoms with Gasteiger partial charge in [0.15, 0.2) is 0 Å². The first-order valence-corrected chi connectivity index (χ1v) is 5.83. The number of rotatable bonds is 5. The minimum Gasteiger partial charge on any atom is -0.508 e. The van der Waals surface area contributed by atoms with Crippen LogP contribution in [0.5, 0.6) is 11.5 Å². The van der Waals surface area contributed by atoms with Crippen molar-refractivity contribution in [1.29, 1.82) is 0 Å². The summed E-state index contributed by atoms with van der Waals surface area (Å²) in [5.41, 5.74) is 0.143. The molecule has 0 spiro atoms. The zero-order chi connectivity index (χ0) is 12.8. The summed E-state index contributed by atoms with van der Waals surface area (Å²) < 4.78 is 0. The third-order valence-corrected chi connectivity index (χ3v) is 2.65. The molecule has 94 valence electrons. The van der Waals surface area contributed by atoms with E-state index in [0.717, 1.165) is 19.3 Å². The van der Waals surface area contributed by atoms with Crippen LogP contribution in [0.15, 0.2) is 18.2 Å². The fourth-order valence-corrected chi connectivity index (χ4v) is 1.60. The highest BCUT2D eigenvalue weighted by molar-refractivity contribution is 5.97. The number of unbranched alkanes of at least 4 members (excludes halogenated alkanes) is 2. The summed E-state index contributed by atoms with van der Waals surface area (Å²) in [7, 11) is 1.70. The predicted molar refractivity (Wildman–Crippen MR) is 66.3 cm³/mol. The Labute approximate surface area is 101 Å². The molecular formula is C13H19NO3. The van der Waals surface area contributed by atoms with Gasteiger partial charge >= 0.3 is 0 Å². The molecule has 0 saturated heterocycles. The monoisotopic (exact) mass is 237 g/mol. The zero-order valence-electron chi connectivity index (χ0n) is 10.3. The van der Waals surface area contributed by atoms with Crippen molar-refractivity contribution in [3.05, 3.63) is 23.8 Å². The van der Waals surface area contributed by atoms with E-state index in [9.17, 15) is 15.0 Å². The van der Waals surface area contributed by atoms with Crippen LogP contribution in [0.2, 0.25) is 0 Å². The number of carbonyl (C=O) groups is 1. The smallest absolute Gasteiger partial charge is 0.257 e. The predicted octanol–water partition coefficient (Wildman–Crippen LogP) is 2.36. The maximum atomic E-state index is 12.0. The zero-order valence-corrected chi connectivity index (χ0v) is 10.3.